The summed E-state index contributed by atoms with van der Waals surface area (Å²) in [5, 5.41) is 3.10. The first-order valence-electron chi connectivity index (χ1n) is 7.29. The summed E-state index contributed by atoms with van der Waals surface area (Å²) >= 11 is 7.70. The molecule has 112 valence electrons. The van der Waals surface area contributed by atoms with Crippen LogP contribution in [0.2, 0.25) is 5.02 Å². The zero-order valence-corrected chi connectivity index (χ0v) is 14.6. The topological polar surface area (TPSA) is 12.9 Å². The molecule has 0 saturated carbocycles. The van der Waals surface area contributed by atoms with E-state index in [-0.39, 0.29) is 0 Å². The Labute approximate surface area is 140 Å². The highest BCUT2D eigenvalue weighted by molar-refractivity contribution is 7.98. The lowest BCUT2D eigenvalue weighted by Gasteiger charge is -2.10. The molecule has 0 aliphatic carbocycles. The second-order valence-corrected chi connectivity index (χ2v) is 7.03. The van der Waals surface area contributed by atoms with Gasteiger partial charge >= 0.3 is 0 Å². The molecule has 3 heteroatoms. The Morgan fingerprint density at radius 1 is 0.955 bits per heavy atom. The quantitative estimate of drug-likeness (QED) is 0.538. The normalized spacial score (nSPS) is 11.1. The molecule has 1 nitrogen and oxygen atoms in total. The standard InChI is InChI=1S/C19H18ClNS/c1-12-4-9-17-13(2)10-18(21-19(17)14(12)3)22-11-15-5-7-16(20)8-6-15/h4-10H,11H2,1-3H3. The van der Waals surface area contributed by atoms with Gasteiger partial charge in [0, 0.05) is 16.2 Å². The van der Waals surface area contributed by atoms with E-state index in [1.807, 2.05) is 12.1 Å². The third-order valence-corrected chi connectivity index (χ3v) is 5.22. The van der Waals surface area contributed by atoms with Gasteiger partial charge in [-0.05, 0) is 61.2 Å². The van der Waals surface area contributed by atoms with Gasteiger partial charge < -0.3 is 0 Å². The van der Waals surface area contributed by atoms with Crippen molar-refractivity contribution in [2.45, 2.75) is 31.6 Å². The Kier molecular flexibility index (Phi) is 4.42. The third kappa shape index (κ3) is 3.13. The average Bonchev–Trinajstić information content (AvgIpc) is 2.51. The molecule has 0 bridgehead atoms. The van der Waals surface area contributed by atoms with Crippen molar-refractivity contribution in [3.8, 4) is 0 Å². The number of hydrogen-bond donors (Lipinski definition) is 0. The molecule has 2 aromatic carbocycles. The van der Waals surface area contributed by atoms with Crippen LogP contribution in [0.3, 0.4) is 0 Å². The van der Waals surface area contributed by atoms with Gasteiger partial charge in [0.15, 0.2) is 0 Å². The Bertz CT molecular complexity index is 825. The highest BCUT2D eigenvalue weighted by Gasteiger charge is 2.07. The van der Waals surface area contributed by atoms with Crippen LogP contribution in [0.1, 0.15) is 22.3 Å². The van der Waals surface area contributed by atoms with Gasteiger partial charge in [-0.25, -0.2) is 4.98 Å². The highest BCUT2D eigenvalue weighted by Crippen LogP contribution is 2.29. The van der Waals surface area contributed by atoms with Gasteiger partial charge in [0.05, 0.1) is 10.5 Å². The largest absolute Gasteiger partial charge is 0.241 e. The molecular formula is C19H18ClNS. The van der Waals surface area contributed by atoms with Gasteiger partial charge in [0.25, 0.3) is 0 Å². The van der Waals surface area contributed by atoms with E-state index in [9.17, 15) is 0 Å². The van der Waals surface area contributed by atoms with Gasteiger partial charge in [-0.15, -0.1) is 11.8 Å². The molecule has 0 N–H and O–H groups in total. The minimum atomic E-state index is 0.777. The first-order valence-corrected chi connectivity index (χ1v) is 8.66. The van der Waals surface area contributed by atoms with Crippen molar-refractivity contribution in [1.29, 1.82) is 0 Å². The number of hydrogen-bond acceptors (Lipinski definition) is 2. The summed E-state index contributed by atoms with van der Waals surface area (Å²) in [6.45, 7) is 6.45. The minimum Gasteiger partial charge on any atom is -0.241 e. The van der Waals surface area contributed by atoms with E-state index in [1.54, 1.807) is 11.8 Å². The molecule has 3 rings (SSSR count). The van der Waals surface area contributed by atoms with Crippen molar-refractivity contribution in [2.75, 3.05) is 0 Å². The smallest absolute Gasteiger partial charge is 0.0973 e. The summed E-state index contributed by atoms with van der Waals surface area (Å²) in [6, 6.07) is 14.5. The first-order chi connectivity index (χ1) is 10.5. The monoisotopic (exact) mass is 327 g/mol. The minimum absolute atomic E-state index is 0.777. The second kappa shape index (κ2) is 6.31. The van der Waals surface area contributed by atoms with Crippen LogP contribution in [0, 0.1) is 20.8 Å². The Balaban J connectivity index is 1.91. The van der Waals surface area contributed by atoms with E-state index >= 15 is 0 Å². The average molecular weight is 328 g/mol. The molecule has 0 aliphatic rings. The molecular weight excluding hydrogens is 310 g/mol. The molecule has 0 fully saturated rings. The molecule has 1 heterocycles. The molecule has 0 saturated heterocycles. The summed E-state index contributed by atoms with van der Waals surface area (Å²) in [5.74, 6) is 0.903. The third-order valence-electron chi connectivity index (χ3n) is 3.99. The number of aryl methyl sites for hydroxylation is 3. The van der Waals surface area contributed by atoms with Gasteiger partial charge in [-0.1, -0.05) is 35.9 Å². The highest BCUT2D eigenvalue weighted by atomic mass is 35.5. The van der Waals surface area contributed by atoms with Crippen molar-refractivity contribution >= 4 is 34.3 Å². The predicted molar refractivity (Wildman–Crippen MR) is 97.0 cm³/mol. The lowest BCUT2D eigenvalue weighted by molar-refractivity contribution is 1.15. The summed E-state index contributed by atoms with van der Waals surface area (Å²) in [4.78, 5) is 4.87. The number of benzene rings is 2. The van der Waals surface area contributed by atoms with Gasteiger partial charge in [-0.2, -0.15) is 0 Å². The zero-order chi connectivity index (χ0) is 15.7. The molecule has 0 amide bonds. The lowest BCUT2D eigenvalue weighted by atomic mass is 10.0. The van der Waals surface area contributed by atoms with Crippen molar-refractivity contribution in [1.82, 2.24) is 4.98 Å². The maximum absolute atomic E-state index is 5.93. The molecule has 0 unspecified atom stereocenters. The number of thioether (sulfide) groups is 1. The van der Waals surface area contributed by atoms with Gasteiger partial charge in [0.2, 0.25) is 0 Å². The van der Waals surface area contributed by atoms with E-state index in [0.29, 0.717) is 0 Å². The number of fused-ring (bicyclic) bond motifs is 1. The summed E-state index contributed by atoms with van der Waals surface area (Å²) < 4.78 is 0. The second-order valence-electron chi connectivity index (χ2n) is 5.60. The molecule has 0 atom stereocenters. The molecule has 1 aromatic heterocycles. The van der Waals surface area contributed by atoms with E-state index in [1.165, 1.54) is 27.6 Å². The number of nitrogens with zero attached hydrogens (tertiary/aromatic N) is 1. The Morgan fingerprint density at radius 3 is 2.41 bits per heavy atom. The van der Waals surface area contributed by atoms with Crippen molar-refractivity contribution in [2.24, 2.45) is 0 Å². The SMILES string of the molecule is Cc1ccc2c(C)cc(SCc3ccc(Cl)cc3)nc2c1C. The molecule has 0 aliphatic heterocycles. The predicted octanol–water partition coefficient (Wildman–Crippen LogP) is 6.11. The van der Waals surface area contributed by atoms with Crippen LogP contribution >= 0.6 is 23.4 Å². The Hall–Kier alpha value is -1.51. The number of rotatable bonds is 3. The van der Waals surface area contributed by atoms with Crippen LogP contribution in [-0.4, -0.2) is 4.98 Å². The van der Waals surface area contributed by atoms with Crippen LogP contribution in [0.15, 0.2) is 47.5 Å². The fourth-order valence-corrected chi connectivity index (χ4v) is 3.53. The van der Waals surface area contributed by atoms with Crippen molar-refractivity contribution < 1.29 is 0 Å². The van der Waals surface area contributed by atoms with E-state index in [4.69, 9.17) is 16.6 Å². The van der Waals surface area contributed by atoms with Gasteiger partial charge in [0.1, 0.15) is 0 Å². The number of halogens is 1. The summed E-state index contributed by atoms with van der Waals surface area (Å²) in [6.07, 6.45) is 0. The van der Waals surface area contributed by atoms with Crippen LogP contribution in [0.4, 0.5) is 0 Å². The van der Waals surface area contributed by atoms with Crippen LogP contribution < -0.4 is 0 Å². The fraction of sp³-hybridized carbons (Fsp3) is 0.211. The Morgan fingerprint density at radius 2 is 1.68 bits per heavy atom. The lowest BCUT2D eigenvalue weighted by Crippen LogP contribution is -1.92. The van der Waals surface area contributed by atoms with Crippen LogP contribution in [0.25, 0.3) is 10.9 Å². The maximum Gasteiger partial charge on any atom is 0.0973 e. The van der Waals surface area contributed by atoms with Crippen molar-refractivity contribution in [3.63, 3.8) is 0 Å². The zero-order valence-electron chi connectivity index (χ0n) is 13.0. The van der Waals surface area contributed by atoms with E-state index in [0.717, 1.165) is 21.3 Å². The van der Waals surface area contributed by atoms with Crippen molar-refractivity contribution in [3.05, 3.63) is 69.7 Å². The van der Waals surface area contributed by atoms with E-state index in [2.05, 4.69) is 51.1 Å². The summed E-state index contributed by atoms with van der Waals surface area (Å²) in [5.41, 5.74) is 6.23. The molecule has 22 heavy (non-hydrogen) atoms. The molecule has 0 spiro atoms. The van der Waals surface area contributed by atoms with Gasteiger partial charge in [-0.3, -0.25) is 0 Å². The first kappa shape index (κ1) is 15.4. The van der Waals surface area contributed by atoms with Crippen LogP contribution in [0.5, 0.6) is 0 Å². The summed E-state index contributed by atoms with van der Waals surface area (Å²) in [7, 11) is 0. The molecule has 0 radical (unpaired) electrons. The number of pyridine rings is 1. The van der Waals surface area contributed by atoms with Crippen LogP contribution in [-0.2, 0) is 5.75 Å². The number of aromatic nitrogens is 1. The molecule has 3 aromatic rings. The van der Waals surface area contributed by atoms with E-state index < -0.39 is 0 Å². The maximum atomic E-state index is 5.93. The fourth-order valence-electron chi connectivity index (χ4n) is 2.48.